The van der Waals surface area contributed by atoms with Crippen molar-refractivity contribution < 1.29 is 23.4 Å². The highest BCUT2D eigenvalue weighted by atomic mass is 19.3. The number of imidazole rings is 1. The first-order valence-corrected chi connectivity index (χ1v) is 13.4. The van der Waals surface area contributed by atoms with Crippen LogP contribution in [0.3, 0.4) is 0 Å². The summed E-state index contributed by atoms with van der Waals surface area (Å²) in [5, 5.41) is 13.3. The smallest absolute Gasteiger partial charge is 0.407 e. The molecule has 2 N–H and O–H groups in total. The van der Waals surface area contributed by atoms with E-state index in [1.165, 1.54) is 4.57 Å². The SMILES string of the molecule is CC(C)(C)N(C(=O)O)C1CCC(Nc2cc(-n3c(C(F)F)nc4ccccc43)nc(N3CCOCC3)n2)CC1. The van der Waals surface area contributed by atoms with E-state index >= 15 is 0 Å². The summed E-state index contributed by atoms with van der Waals surface area (Å²) in [6.45, 7) is 7.99. The minimum absolute atomic E-state index is 0.0589. The minimum Gasteiger partial charge on any atom is -0.465 e. The van der Waals surface area contributed by atoms with Gasteiger partial charge in [-0.15, -0.1) is 0 Å². The number of fused-ring (bicyclic) bond motifs is 1. The molecule has 0 unspecified atom stereocenters. The third-order valence-electron chi connectivity index (χ3n) is 7.35. The lowest BCUT2D eigenvalue weighted by Crippen LogP contribution is -2.52. The number of hydrogen-bond acceptors (Lipinski definition) is 7. The highest BCUT2D eigenvalue weighted by Crippen LogP contribution is 2.32. The van der Waals surface area contributed by atoms with Gasteiger partial charge in [0.05, 0.1) is 24.2 Å². The van der Waals surface area contributed by atoms with E-state index in [1.54, 1.807) is 35.2 Å². The highest BCUT2D eigenvalue weighted by Gasteiger charge is 2.35. The molecule has 12 heteroatoms. The van der Waals surface area contributed by atoms with E-state index in [1.807, 2.05) is 25.7 Å². The molecule has 2 fully saturated rings. The van der Waals surface area contributed by atoms with Crippen molar-refractivity contribution in [2.45, 2.75) is 70.5 Å². The van der Waals surface area contributed by atoms with Crippen molar-refractivity contribution >= 4 is 28.9 Å². The molecule has 1 aromatic carbocycles. The molecule has 1 saturated carbocycles. The van der Waals surface area contributed by atoms with Crippen molar-refractivity contribution in [1.29, 1.82) is 0 Å². The molecule has 0 radical (unpaired) electrons. The van der Waals surface area contributed by atoms with Gasteiger partial charge in [-0.25, -0.2) is 18.6 Å². The first-order valence-electron chi connectivity index (χ1n) is 13.4. The molecule has 39 heavy (non-hydrogen) atoms. The summed E-state index contributed by atoms with van der Waals surface area (Å²) in [7, 11) is 0. The average Bonchev–Trinajstić information content (AvgIpc) is 3.29. The van der Waals surface area contributed by atoms with Crippen LogP contribution in [0.2, 0.25) is 0 Å². The van der Waals surface area contributed by atoms with Gasteiger partial charge in [0, 0.05) is 36.8 Å². The number of halogens is 2. The van der Waals surface area contributed by atoms with Crippen LogP contribution in [0.15, 0.2) is 30.3 Å². The number of amides is 1. The van der Waals surface area contributed by atoms with Crippen LogP contribution in [0.25, 0.3) is 16.9 Å². The largest absolute Gasteiger partial charge is 0.465 e. The number of anilines is 2. The molecule has 0 spiro atoms. The monoisotopic (exact) mass is 543 g/mol. The Balaban J connectivity index is 1.45. The normalized spacial score (nSPS) is 20.4. The number of alkyl halides is 2. The summed E-state index contributed by atoms with van der Waals surface area (Å²) in [6, 6.07) is 8.70. The van der Waals surface area contributed by atoms with Crippen LogP contribution in [0.5, 0.6) is 0 Å². The molecule has 1 amide bonds. The molecule has 1 aliphatic heterocycles. The second-order valence-corrected chi connectivity index (χ2v) is 11.1. The van der Waals surface area contributed by atoms with Gasteiger partial charge in [-0.05, 0) is 58.6 Å². The predicted octanol–water partition coefficient (Wildman–Crippen LogP) is 5.09. The maximum absolute atomic E-state index is 14.1. The minimum atomic E-state index is -2.79. The molecular formula is C27H35F2N7O3. The number of ether oxygens (including phenoxy) is 1. The van der Waals surface area contributed by atoms with Crippen LogP contribution in [-0.2, 0) is 4.74 Å². The lowest BCUT2D eigenvalue weighted by molar-refractivity contribution is 0.0556. The van der Waals surface area contributed by atoms with Gasteiger partial charge in [0.1, 0.15) is 11.6 Å². The Morgan fingerprint density at radius 1 is 1.10 bits per heavy atom. The lowest BCUT2D eigenvalue weighted by Gasteiger charge is -2.42. The van der Waals surface area contributed by atoms with Crippen LogP contribution in [0, 0.1) is 0 Å². The molecule has 10 nitrogen and oxygen atoms in total. The molecule has 3 aromatic rings. The molecule has 5 rings (SSSR count). The third-order valence-corrected chi connectivity index (χ3v) is 7.35. The zero-order chi connectivity index (χ0) is 27.7. The lowest BCUT2D eigenvalue weighted by atomic mass is 9.88. The van der Waals surface area contributed by atoms with Gasteiger partial charge in [0.2, 0.25) is 5.95 Å². The van der Waals surface area contributed by atoms with E-state index in [2.05, 4.69) is 10.3 Å². The number of benzene rings is 1. The summed E-state index contributed by atoms with van der Waals surface area (Å²) in [5.41, 5.74) is 0.525. The second-order valence-electron chi connectivity index (χ2n) is 11.1. The summed E-state index contributed by atoms with van der Waals surface area (Å²) < 4.78 is 35.1. The van der Waals surface area contributed by atoms with E-state index in [0.717, 1.165) is 25.7 Å². The highest BCUT2D eigenvalue weighted by molar-refractivity contribution is 5.78. The second kappa shape index (κ2) is 10.9. The summed E-state index contributed by atoms with van der Waals surface area (Å²) >= 11 is 0. The Morgan fingerprint density at radius 2 is 1.79 bits per heavy atom. The first kappa shape index (κ1) is 27.0. The molecular weight excluding hydrogens is 508 g/mol. The maximum Gasteiger partial charge on any atom is 0.407 e. The fourth-order valence-electron chi connectivity index (χ4n) is 5.63. The number of carboxylic acid groups (broad SMARTS) is 1. The zero-order valence-electron chi connectivity index (χ0n) is 22.5. The predicted molar refractivity (Wildman–Crippen MR) is 144 cm³/mol. The van der Waals surface area contributed by atoms with Crippen LogP contribution in [-0.4, -0.2) is 79.5 Å². The van der Waals surface area contributed by atoms with Crippen molar-refractivity contribution in [3.63, 3.8) is 0 Å². The third kappa shape index (κ3) is 5.75. The van der Waals surface area contributed by atoms with Crippen molar-refractivity contribution in [2.75, 3.05) is 36.5 Å². The number of nitrogens with zero attached hydrogens (tertiary/aromatic N) is 6. The number of rotatable bonds is 6. The van der Waals surface area contributed by atoms with E-state index < -0.39 is 18.1 Å². The Hall–Kier alpha value is -3.54. The van der Waals surface area contributed by atoms with Gasteiger partial charge in [0.15, 0.2) is 5.82 Å². The number of carbonyl (C=O) groups is 1. The summed E-state index contributed by atoms with van der Waals surface area (Å²) in [5.74, 6) is 0.922. The van der Waals surface area contributed by atoms with Gasteiger partial charge in [-0.2, -0.15) is 9.97 Å². The Labute approximate surface area is 226 Å². The van der Waals surface area contributed by atoms with E-state index in [9.17, 15) is 18.7 Å². The van der Waals surface area contributed by atoms with Crippen molar-refractivity contribution in [3.8, 4) is 5.82 Å². The van der Waals surface area contributed by atoms with E-state index in [4.69, 9.17) is 14.7 Å². The maximum atomic E-state index is 14.1. The number of hydrogen-bond donors (Lipinski definition) is 2. The first-order chi connectivity index (χ1) is 18.6. The van der Waals surface area contributed by atoms with Crippen LogP contribution in [0.1, 0.15) is 58.7 Å². The van der Waals surface area contributed by atoms with Gasteiger partial charge in [-0.1, -0.05) is 12.1 Å². The van der Waals surface area contributed by atoms with E-state index in [0.29, 0.717) is 54.9 Å². The topological polar surface area (TPSA) is 109 Å². The fraction of sp³-hybridized carbons (Fsp3) is 0.556. The van der Waals surface area contributed by atoms with Crippen molar-refractivity contribution in [2.24, 2.45) is 0 Å². The van der Waals surface area contributed by atoms with E-state index in [-0.39, 0.29) is 17.9 Å². The van der Waals surface area contributed by atoms with Gasteiger partial charge >= 0.3 is 6.09 Å². The summed E-state index contributed by atoms with van der Waals surface area (Å²) in [6.07, 6.45) is -0.739. The summed E-state index contributed by atoms with van der Waals surface area (Å²) in [4.78, 5) is 29.1. The standard InChI is InChI=1S/C27H35F2N7O3/c1-27(2,3)36(26(37)38)18-10-8-17(9-11-18)30-21-16-22(33-25(32-21)34-12-14-39-15-13-34)35-20-7-5-4-6-19(20)31-24(35)23(28)29/h4-7,16-18,23H,8-15H2,1-3H3,(H,37,38)(H,30,32,33). The number of para-hydroxylation sites is 2. The van der Waals surface area contributed by atoms with Gasteiger partial charge < -0.3 is 25.0 Å². The van der Waals surface area contributed by atoms with Gasteiger partial charge in [-0.3, -0.25) is 4.57 Å². The molecule has 1 saturated heterocycles. The average molecular weight is 544 g/mol. The number of morpholine rings is 1. The molecule has 1 aliphatic carbocycles. The molecule has 2 aliphatic rings. The molecule has 2 aromatic heterocycles. The Bertz CT molecular complexity index is 1310. The molecule has 210 valence electrons. The Kier molecular flexibility index (Phi) is 7.57. The van der Waals surface area contributed by atoms with Crippen LogP contribution < -0.4 is 10.2 Å². The Morgan fingerprint density at radius 3 is 2.44 bits per heavy atom. The van der Waals surface area contributed by atoms with Crippen LogP contribution >= 0.6 is 0 Å². The van der Waals surface area contributed by atoms with Gasteiger partial charge in [0.25, 0.3) is 6.43 Å². The van der Waals surface area contributed by atoms with Crippen molar-refractivity contribution in [1.82, 2.24) is 24.4 Å². The molecule has 3 heterocycles. The quantitative estimate of drug-likeness (QED) is 0.443. The zero-order valence-corrected chi connectivity index (χ0v) is 22.5. The number of aromatic nitrogens is 4. The van der Waals surface area contributed by atoms with Crippen molar-refractivity contribution in [3.05, 3.63) is 36.2 Å². The molecule has 0 atom stereocenters. The number of nitrogens with one attached hydrogen (secondary N) is 1. The van der Waals surface area contributed by atoms with Crippen LogP contribution in [0.4, 0.5) is 25.3 Å². The fourth-order valence-corrected chi connectivity index (χ4v) is 5.63. The molecule has 0 bridgehead atoms.